The Morgan fingerprint density at radius 2 is 2.00 bits per heavy atom. The summed E-state index contributed by atoms with van der Waals surface area (Å²) in [7, 11) is 0. The third-order valence-corrected chi connectivity index (χ3v) is 8.79. The van der Waals surface area contributed by atoms with Crippen LogP contribution in [0.4, 0.5) is 11.4 Å². The number of amides is 3. The van der Waals surface area contributed by atoms with Gasteiger partial charge in [0, 0.05) is 24.4 Å². The Hall–Kier alpha value is -1.55. The number of carbonyl (C=O) groups excluding carboxylic acids is 3. The first-order valence-corrected chi connectivity index (χ1v) is 13.6. The largest absolute Gasteiger partial charge is 0.336 e. The van der Waals surface area contributed by atoms with Crippen LogP contribution in [0.25, 0.3) is 0 Å². The molecule has 10 heteroatoms. The summed E-state index contributed by atoms with van der Waals surface area (Å²) in [6.07, 6.45) is 3.95. The third kappa shape index (κ3) is 5.16. The predicted octanol–water partition coefficient (Wildman–Crippen LogP) is 5.32. The lowest BCUT2D eigenvalue weighted by atomic mass is 9.97. The summed E-state index contributed by atoms with van der Waals surface area (Å²) in [5.74, 6) is 0.850. The van der Waals surface area contributed by atoms with E-state index in [1.165, 1.54) is 11.3 Å². The maximum absolute atomic E-state index is 13.3. The maximum Gasteiger partial charge on any atom is 0.262 e. The molecule has 4 rings (SSSR count). The van der Waals surface area contributed by atoms with Crippen molar-refractivity contribution in [2.75, 3.05) is 28.3 Å². The molecule has 2 aliphatic rings. The lowest BCUT2D eigenvalue weighted by Gasteiger charge is -2.28. The van der Waals surface area contributed by atoms with Crippen molar-refractivity contribution in [1.82, 2.24) is 5.32 Å². The SMILES string of the molecule is O=C(N[C@@]1(C(=O)Nc2ccc(N3CCCCCC3=O)c(Cl)c2)CCSC1)c1ccc(Br)s1. The minimum absolute atomic E-state index is 0.0750. The van der Waals surface area contributed by atoms with E-state index in [9.17, 15) is 14.4 Å². The fraction of sp³-hybridized carbons (Fsp3) is 0.409. The Bertz CT molecular complexity index is 1040. The van der Waals surface area contributed by atoms with Crippen LogP contribution in [0.3, 0.4) is 0 Å². The van der Waals surface area contributed by atoms with Gasteiger partial charge in [-0.05, 0) is 71.3 Å². The molecule has 6 nitrogen and oxygen atoms in total. The number of nitrogens with one attached hydrogen (secondary N) is 2. The number of benzene rings is 1. The van der Waals surface area contributed by atoms with Crippen LogP contribution in [-0.4, -0.2) is 41.3 Å². The molecule has 3 heterocycles. The summed E-state index contributed by atoms with van der Waals surface area (Å²) in [6.45, 7) is 0.648. The number of nitrogens with zero attached hydrogens (tertiary/aromatic N) is 1. The van der Waals surface area contributed by atoms with Gasteiger partial charge in [-0.15, -0.1) is 11.3 Å². The van der Waals surface area contributed by atoms with Crippen LogP contribution >= 0.6 is 50.6 Å². The predicted molar refractivity (Wildman–Crippen MR) is 135 cm³/mol. The summed E-state index contributed by atoms with van der Waals surface area (Å²) in [4.78, 5) is 40.7. The quantitative estimate of drug-likeness (QED) is 0.523. The Kier molecular flexibility index (Phi) is 7.49. The van der Waals surface area contributed by atoms with Gasteiger partial charge in [-0.3, -0.25) is 14.4 Å². The number of carbonyl (C=O) groups is 3. The molecule has 3 amide bonds. The van der Waals surface area contributed by atoms with E-state index in [1.54, 1.807) is 40.9 Å². The van der Waals surface area contributed by atoms with Crippen molar-refractivity contribution >= 4 is 79.7 Å². The van der Waals surface area contributed by atoms with Crippen LogP contribution in [0.15, 0.2) is 34.1 Å². The number of thioether (sulfide) groups is 1. The Balaban J connectivity index is 1.49. The van der Waals surface area contributed by atoms with Crippen molar-refractivity contribution in [1.29, 1.82) is 0 Å². The molecule has 0 bridgehead atoms. The van der Waals surface area contributed by atoms with Crippen molar-refractivity contribution in [2.24, 2.45) is 0 Å². The molecule has 1 aromatic carbocycles. The Labute approximate surface area is 208 Å². The van der Waals surface area contributed by atoms with E-state index in [1.807, 2.05) is 6.07 Å². The van der Waals surface area contributed by atoms with Crippen LogP contribution in [0.5, 0.6) is 0 Å². The molecule has 0 aliphatic carbocycles. The Morgan fingerprint density at radius 3 is 2.69 bits per heavy atom. The highest BCUT2D eigenvalue weighted by Crippen LogP contribution is 2.34. The van der Waals surface area contributed by atoms with Crippen molar-refractivity contribution < 1.29 is 14.4 Å². The fourth-order valence-electron chi connectivity index (χ4n) is 3.91. The van der Waals surface area contributed by atoms with E-state index in [4.69, 9.17) is 11.6 Å². The summed E-state index contributed by atoms with van der Waals surface area (Å²) >= 11 is 12.8. The molecule has 2 saturated heterocycles. The summed E-state index contributed by atoms with van der Waals surface area (Å²) in [6, 6.07) is 8.75. The first-order chi connectivity index (χ1) is 15.4. The van der Waals surface area contributed by atoms with Gasteiger partial charge in [0.25, 0.3) is 11.8 Å². The zero-order chi connectivity index (χ0) is 22.7. The number of hydrogen-bond donors (Lipinski definition) is 2. The highest BCUT2D eigenvalue weighted by Gasteiger charge is 2.43. The molecule has 2 N–H and O–H groups in total. The van der Waals surface area contributed by atoms with E-state index in [-0.39, 0.29) is 17.7 Å². The number of halogens is 2. The first-order valence-electron chi connectivity index (χ1n) is 10.4. The van der Waals surface area contributed by atoms with Crippen molar-refractivity contribution in [3.8, 4) is 0 Å². The van der Waals surface area contributed by atoms with Gasteiger partial charge in [-0.2, -0.15) is 11.8 Å². The van der Waals surface area contributed by atoms with Crippen LogP contribution in [-0.2, 0) is 9.59 Å². The number of rotatable bonds is 5. The van der Waals surface area contributed by atoms with Crippen molar-refractivity contribution in [3.05, 3.63) is 44.0 Å². The van der Waals surface area contributed by atoms with Gasteiger partial charge < -0.3 is 15.5 Å². The molecule has 32 heavy (non-hydrogen) atoms. The van der Waals surface area contributed by atoms with E-state index in [2.05, 4.69) is 26.6 Å². The Morgan fingerprint density at radius 1 is 1.16 bits per heavy atom. The minimum Gasteiger partial charge on any atom is -0.336 e. The second-order valence-electron chi connectivity index (χ2n) is 7.92. The average Bonchev–Trinajstić information content (AvgIpc) is 3.36. The molecule has 0 radical (unpaired) electrons. The van der Waals surface area contributed by atoms with Crippen LogP contribution in [0.1, 0.15) is 41.8 Å². The second kappa shape index (κ2) is 10.2. The lowest BCUT2D eigenvalue weighted by molar-refractivity contribution is -0.121. The normalized spacial score (nSPS) is 21.3. The number of anilines is 2. The number of thiophene rings is 1. The molecule has 0 saturated carbocycles. The standard InChI is InChI=1S/C22H23BrClN3O3S2/c23-18-8-7-17(32-18)20(29)26-22(9-11-31-13-22)21(30)25-14-5-6-16(15(24)12-14)27-10-3-1-2-4-19(27)28/h5-8,12H,1-4,9-11,13H2,(H,25,30)(H,26,29)/t22-/m0/s1. The highest BCUT2D eigenvalue weighted by molar-refractivity contribution is 9.11. The summed E-state index contributed by atoms with van der Waals surface area (Å²) < 4.78 is 0.861. The topological polar surface area (TPSA) is 78.5 Å². The zero-order valence-electron chi connectivity index (χ0n) is 17.3. The van der Waals surface area contributed by atoms with E-state index in [0.717, 1.165) is 28.8 Å². The lowest BCUT2D eigenvalue weighted by Crippen LogP contribution is -2.57. The minimum atomic E-state index is -0.982. The van der Waals surface area contributed by atoms with E-state index in [0.29, 0.717) is 46.4 Å². The monoisotopic (exact) mass is 555 g/mol. The van der Waals surface area contributed by atoms with Gasteiger partial charge in [-0.25, -0.2) is 0 Å². The van der Waals surface area contributed by atoms with E-state index < -0.39 is 5.54 Å². The molecule has 2 aliphatic heterocycles. The molecule has 0 unspecified atom stereocenters. The molecule has 0 spiro atoms. The summed E-state index contributed by atoms with van der Waals surface area (Å²) in [5.41, 5.74) is 0.221. The fourth-order valence-corrected chi connectivity index (χ4v) is 6.80. The average molecular weight is 557 g/mol. The molecular formula is C22H23BrClN3O3S2. The van der Waals surface area contributed by atoms with Gasteiger partial charge >= 0.3 is 0 Å². The van der Waals surface area contributed by atoms with Crippen molar-refractivity contribution in [3.63, 3.8) is 0 Å². The molecule has 1 aromatic heterocycles. The summed E-state index contributed by atoms with van der Waals surface area (Å²) in [5, 5.41) is 6.30. The van der Waals surface area contributed by atoms with Gasteiger partial charge in [0.1, 0.15) is 5.54 Å². The van der Waals surface area contributed by atoms with Crippen LogP contribution < -0.4 is 15.5 Å². The molecule has 2 aromatic rings. The molecule has 170 valence electrons. The molecular weight excluding hydrogens is 534 g/mol. The molecule has 2 fully saturated rings. The maximum atomic E-state index is 13.3. The second-order valence-corrected chi connectivity index (χ2v) is 11.9. The van der Waals surface area contributed by atoms with Gasteiger partial charge in [0.05, 0.1) is 19.4 Å². The smallest absolute Gasteiger partial charge is 0.262 e. The zero-order valence-corrected chi connectivity index (χ0v) is 21.3. The third-order valence-electron chi connectivity index (χ3n) is 5.68. The number of hydrogen-bond acceptors (Lipinski definition) is 5. The van der Waals surface area contributed by atoms with Gasteiger partial charge in [-0.1, -0.05) is 18.0 Å². The van der Waals surface area contributed by atoms with Crippen molar-refractivity contribution in [2.45, 2.75) is 37.6 Å². The molecule has 1 atom stereocenters. The highest BCUT2D eigenvalue weighted by atomic mass is 79.9. The van der Waals surface area contributed by atoms with Gasteiger partial charge in [0.15, 0.2) is 0 Å². The van der Waals surface area contributed by atoms with E-state index >= 15 is 0 Å². The first kappa shape index (κ1) is 23.6. The van der Waals surface area contributed by atoms with Crippen LogP contribution in [0.2, 0.25) is 5.02 Å². The van der Waals surface area contributed by atoms with Crippen LogP contribution in [0, 0.1) is 0 Å². The van der Waals surface area contributed by atoms with Gasteiger partial charge in [0.2, 0.25) is 5.91 Å².